The molecule has 0 aromatic carbocycles. The highest BCUT2D eigenvalue weighted by Gasteiger charge is 2.45. The minimum Gasteiger partial charge on any atom is -0.394 e. The molecule has 0 aliphatic carbocycles. The Morgan fingerprint density at radius 3 is 2.72 bits per heavy atom. The van der Waals surface area contributed by atoms with Crippen molar-refractivity contribution in [1.82, 2.24) is 24.5 Å². The average molecular weight is 346 g/mol. The van der Waals surface area contributed by atoms with Crippen LogP contribution in [-0.2, 0) is 4.74 Å². The molecule has 1 aliphatic heterocycles. The molecule has 0 radical (unpaired) electrons. The first kappa shape index (κ1) is 15.8. The maximum absolute atomic E-state index is 14.4. The number of aromatic nitrogens is 5. The summed E-state index contributed by atoms with van der Waals surface area (Å²) in [6.45, 7) is -0.496. The van der Waals surface area contributed by atoms with Gasteiger partial charge in [0, 0.05) is 18.0 Å². The third-order valence-corrected chi connectivity index (χ3v) is 4.13. The van der Waals surface area contributed by atoms with E-state index in [1.807, 2.05) is 0 Å². The molecule has 0 saturated carbocycles. The van der Waals surface area contributed by atoms with Gasteiger partial charge in [0.2, 0.25) is 0 Å². The number of alkyl halides is 1. The Kier molecular flexibility index (Phi) is 3.79. The van der Waals surface area contributed by atoms with E-state index in [-0.39, 0.29) is 11.5 Å². The zero-order valence-corrected chi connectivity index (χ0v) is 12.9. The summed E-state index contributed by atoms with van der Waals surface area (Å²) in [6.07, 6.45) is -0.850. The molecule has 4 atom stereocenters. The molecule has 1 fully saturated rings. The van der Waals surface area contributed by atoms with Crippen LogP contribution in [0.15, 0.2) is 30.9 Å². The van der Waals surface area contributed by atoms with Crippen LogP contribution in [0.4, 0.5) is 10.2 Å². The number of anilines is 1. The molecule has 0 unspecified atom stereocenters. The number of ether oxygens (including phenoxy) is 1. The van der Waals surface area contributed by atoms with Gasteiger partial charge in [-0.15, -0.1) is 0 Å². The van der Waals surface area contributed by atoms with Gasteiger partial charge in [-0.2, -0.15) is 0 Å². The summed E-state index contributed by atoms with van der Waals surface area (Å²) in [4.78, 5) is 16.7. The van der Waals surface area contributed by atoms with E-state index < -0.39 is 31.2 Å². The second-order valence-corrected chi connectivity index (χ2v) is 5.68. The fourth-order valence-electron chi connectivity index (χ4n) is 2.83. The standard InChI is InChI=1S/C15H15FN6O3/c16-9-11(24)8(5-23)25-15(9)22-6-19-10-12(17)20-13(21-14(10)22)7-1-3-18-4-2-7/h1-4,6,8-9,11,15,23-24H,5H2,(H2,17,20,21)/t8-,9+,11-,15-/m1/s1. The zero-order valence-electron chi connectivity index (χ0n) is 12.9. The molecule has 4 rings (SSSR count). The Labute approximate surface area is 140 Å². The molecule has 9 nitrogen and oxygen atoms in total. The number of hydrogen-bond acceptors (Lipinski definition) is 8. The molecule has 10 heteroatoms. The minimum atomic E-state index is -1.74. The lowest BCUT2D eigenvalue weighted by molar-refractivity contribution is -0.0459. The lowest BCUT2D eigenvalue weighted by Crippen LogP contribution is -2.30. The van der Waals surface area contributed by atoms with Crippen molar-refractivity contribution in [2.75, 3.05) is 12.3 Å². The predicted octanol–water partition coefficient (Wildman–Crippen LogP) is 0.0592. The molecule has 4 heterocycles. The van der Waals surface area contributed by atoms with Crippen molar-refractivity contribution in [3.63, 3.8) is 0 Å². The molecular weight excluding hydrogens is 331 g/mol. The Bertz CT molecular complexity index is 905. The number of hydrogen-bond donors (Lipinski definition) is 3. The van der Waals surface area contributed by atoms with Crippen LogP contribution in [0.3, 0.4) is 0 Å². The molecule has 0 bridgehead atoms. The summed E-state index contributed by atoms with van der Waals surface area (Å²) in [5.41, 5.74) is 7.22. The van der Waals surface area contributed by atoms with Crippen molar-refractivity contribution in [2.24, 2.45) is 0 Å². The Balaban J connectivity index is 1.82. The molecule has 3 aromatic rings. The molecule has 4 N–H and O–H groups in total. The molecular formula is C15H15FN6O3. The monoisotopic (exact) mass is 346 g/mol. The molecule has 25 heavy (non-hydrogen) atoms. The number of nitrogens with zero attached hydrogens (tertiary/aromatic N) is 5. The Hall–Kier alpha value is -2.69. The minimum absolute atomic E-state index is 0.142. The largest absolute Gasteiger partial charge is 0.394 e. The van der Waals surface area contributed by atoms with E-state index in [9.17, 15) is 14.6 Å². The Morgan fingerprint density at radius 1 is 1.28 bits per heavy atom. The van der Waals surface area contributed by atoms with E-state index >= 15 is 0 Å². The summed E-state index contributed by atoms with van der Waals surface area (Å²) in [6, 6.07) is 3.44. The second kappa shape index (κ2) is 5.99. The molecule has 0 spiro atoms. The molecule has 130 valence electrons. The van der Waals surface area contributed by atoms with Crippen LogP contribution < -0.4 is 5.73 Å². The number of halogens is 1. The highest BCUT2D eigenvalue weighted by atomic mass is 19.1. The number of fused-ring (bicyclic) bond motifs is 1. The molecule has 1 aliphatic rings. The van der Waals surface area contributed by atoms with E-state index in [1.54, 1.807) is 24.5 Å². The lowest BCUT2D eigenvalue weighted by Gasteiger charge is -2.15. The number of aliphatic hydroxyl groups excluding tert-OH is 2. The maximum Gasteiger partial charge on any atom is 0.173 e. The lowest BCUT2D eigenvalue weighted by atomic mass is 10.1. The summed E-state index contributed by atoms with van der Waals surface area (Å²) >= 11 is 0. The first-order chi connectivity index (χ1) is 12.1. The third kappa shape index (κ3) is 2.51. The SMILES string of the molecule is Nc1nc(-c2ccncc2)nc2c1ncn2[C@@H]1O[C@H](CO)[C@@H](O)[C@@H]1F. The van der Waals surface area contributed by atoms with Crippen LogP contribution >= 0.6 is 0 Å². The number of aliphatic hydroxyl groups is 2. The zero-order chi connectivity index (χ0) is 17.6. The van der Waals surface area contributed by atoms with Gasteiger partial charge < -0.3 is 20.7 Å². The van der Waals surface area contributed by atoms with Gasteiger partial charge in [0.1, 0.15) is 17.7 Å². The van der Waals surface area contributed by atoms with Crippen LogP contribution in [0.2, 0.25) is 0 Å². The number of nitrogens with two attached hydrogens (primary N) is 1. The Morgan fingerprint density at radius 2 is 2.04 bits per heavy atom. The number of imidazole rings is 1. The fourth-order valence-corrected chi connectivity index (χ4v) is 2.83. The van der Waals surface area contributed by atoms with Crippen molar-refractivity contribution in [3.8, 4) is 11.4 Å². The van der Waals surface area contributed by atoms with Crippen molar-refractivity contribution < 1.29 is 19.3 Å². The summed E-state index contributed by atoms with van der Waals surface area (Å²) in [5.74, 6) is 0.477. The van der Waals surface area contributed by atoms with Gasteiger partial charge >= 0.3 is 0 Å². The highest BCUT2D eigenvalue weighted by molar-refractivity contribution is 5.83. The van der Waals surface area contributed by atoms with Gasteiger partial charge in [0.25, 0.3) is 0 Å². The fraction of sp³-hybridized carbons (Fsp3) is 0.333. The van der Waals surface area contributed by atoms with Gasteiger partial charge in [-0.25, -0.2) is 19.3 Å². The first-order valence-corrected chi connectivity index (χ1v) is 7.59. The van der Waals surface area contributed by atoms with Crippen LogP contribution in [0.1, 0.15) is 6.23 Å². The van der Waals surface area contributed by atoms with E-state index in [0.717, 1.165) is 0 Å². The van der Waals surface area contributed by atoms with Gasteiger partial charge in [-0.3, -0.25) is 9.55 Å². The number of rotatable bonds is 3. The van der Waals surface area contributed by atoms with E-state index in [1.165, 1.54) is 10.9 Å². The number of pyridine rings is 1. The molecule has 1 saturated heterocycles. The number of nitrogen functional groups attached to an aromatic ring is 1. The van der Waals surface area contributed by atoms with Crippen molar-refractivity contribution in [2.45, 2.75) is 24.6 Å². The van der Waals surface area contributed by atoms with Gasteiger partial charge in [0.05, 0.1) is 12.9 Å². The molecule has 0 amide bonds. The highest BCUT2D eigenvalue weighted by Crippen LogP contribution is 2.34. The second-order valence-electron chi connectivity index (χ2n) is 5.68. The van der Waals surface area contributed by atoms with Crippen molar-refractivity contribution >= 4 is 17.0 Å². The summed E-state index contributed by atoms with van der Waals surface area (Å²) < 4.78 is 21.2. The van der Waals surface area contributed by atoms with Crippen LogP contribution in [0, 0.1) is 0 Å². The average Bonchev–Trinajstić information content (AvgIpc) is 3.18. The van der Waals surface area contributed by atoms with Crippen LogP contribution in [-0.4, -0.2) is 59.7 Å². The summed E-state index contributed by atoms with van der Waals surface area (Å²) in [7, 11) is 0. The van der Waals surface area contributed by atoms with Crippen LogP contribution in [0.25, 0.3) is 22.6 Å². The van der Waals surface area contributed by atoms with E-state index in [0.29, 0.717) is 16.9 Å². The van der Waals surface area contributed by atoms with Gasteiger partial charge in [-0.1, -0.05) is 0 Å². The normalized spacial score (nSPS) is 26.4. The van der Waals surface area contributed by atoms with E-state index in [4.69, 9.17) is 10.5 Å². The van der Waals surface area contributed by atoms with E-state index in [2.05, 4.69) is 19.9 Å². The third-order valence-electron chi connectivity index (χ3n) is 4.13. The van der Waals surface area contributed by atoms with Crippen molar-refractivity contribution in [1.29, 1.82) is 0 Å². The van der Waals surface area contributed by atoms with Crippen molar-refractivity contribution in [3.05, 3.63) is 30.9 Å². The molecule has 3 aromatic heterocycles. The van der Waals surface area contributed by atoms with Gasteiger partial charge in [0.15, 0.2) is 29.7 Å². The summed E-state index contributed by atoms with van der Waals surface area (Å²) in [5, 5.41) is 19.0. The van der Waals surface area contributed by atoms with Crippen LogP contribution in [0.5, 0.6) is 0 Å². The smallest absolute Gasteiger partial charge is 0.173 e. The first-order valence-electron chi connectivity index (χ1n) is 7.59. The quantitative estimate of drug-likeness (QED) is 0.606. The van der Waals surface area contributed by atoms with Gasteiger partial charge in [-0.05, 0) is 12.1 Å². The topological polar surface area (TPSA) is 132 Å². The predicted molar refractivity (Wildman–Crippen MR) is 84.9 cm³/mol. The maximum atomic E-state index is 14.4.